The molecule has 9 heteroatoms. The maximum atomic E-state index is 13.2. The molecular formula is C52H54N4O5. The summed E-state index contributed by atoms with van der Waals surface area (Å²) in [5, 5.41) is 24.1. The molecule has 0 saturated heterocycles. The van der Waals surface area contributed by atoms with Crippen LogP contribution < -0.4 is 10.6 Å². The zero-order chi connectivity index (χ0) is 42.4. The summed E-state index contributed by atoms with van der Waals surface area (Å²) >= 11 is 0. The van der Waals surface area contributed by atoms with Crippen LogP contribution in [0.4, 0.5) is 11.6 Å². The molecule has 312 valence electrons. The third-order valence-corrected chi connectivity index (χ3v) is 12.1. The lowest BCUT2D eigenvalue weighted by Crippen LogP contribution is -2.23. The highest BCUT2D eigenvalue weighted by Crippen LogP contribution is 2.37. The third kappa shape index (κ3) is 11.9. The Kier molecular flexibility index (Phi) is 14.8. The van der Waals surface area contributed by atoms with Gasteiger partial charge in [-0.15, -0.1) is 0 Å². The minimum Gasteiger partial charge on any atom is -0.478 e. The van der Waals surface area contributed by atoms with E-state index in [1.54, 1.807) is 18.3 Å². The topological polar surface area (TPSA) is 142 Å². The van der Waals surface area contributed by atoms with Crippen LogP contribution in [0.5, 0.6) is 0 Å². The lowest BCUT2D eigenvalue weighted by molar-refractivity contribution is -0.118. The molecule has 0 radical (unpaired) electrons. The zero-order valence-corrected chi connectivity index (χ0v) is 34.5. The number of aromatic nitrogens is 2. The van der Waals surface area contributed by atoms with Gasteiger partial charge in [0, 0.05) is 12.4 Å². The summed E-state index contributed by atoms with van der Waals surface area (Å²) in [6.45, 7) is -0.0563. The van der Waals surface area contributed by atoms with E-state index in [1.807, 2.05) is 48.5 Å². The number of aliphatic hydroxyl groups excluding tert-OH is 1. The fraction of sp³-hybridized carbons (Fsp3) is 0.288. The molecule has 8 rings (SSSR count). The van der Waals surface area contributed by atoms with Crippen LogP contribution in [-0.4, -0.2) is 38.0 Å². The summed E-state index contributed by atoms with van der Waals surface area (Å²) in [5.41, 5.74) is 7.46. The number of carbonyl (C=O) groups is 3. The maximum Gasteiger partial charge on any atom is 0.337 e. The quantitative estimate of drug-likeness (QED) is 0.0857. The Balaban J connectivity index is 0.000000184. The van der Waals surface area contributed by atoms with Gasteiger partial charge in [-0.1, -0.05) is 167 Å². The van der Waals surface area contributed by atoms with Crippen molar-refractivity contribution >= 4 is 29.4 Å². The number of benzene rings is 4. The SMILES string of the molecule is O=C(Nc1ccc(CO)cn1)C(CC1CCCC1)c1ccc(-c2ccccc2)cc1.O=C(O)c1ccc(NC(=O)C(CC2CCCC2)c2ccc(-c3ccccc3)cc2)nc1. The van der Waals surface area contributed by atoms with Gasteiger partial charge in [-0.05, 0) is 81.8 Å². The van der Waals surface area contributed by atoms with E-state index in [-0.39, 0.29) is 35.8 Å². The Bertz CT molecular complexity index is 2310. The highest BCUT2D eigenvalue weighted by Gasteiger charge is 2.28. The molecule has 2 unspecified atom stereocenters. The van der Waals surface area contributed by atoms with Crippen molar-refractivity contribution in [3.63, 3.8) is 0 Å². The van der Waals surface area contributed by atoms with Crippen molar-refractivity contribution in [2.24, 2.45) is 11.8 Å². The molecule has 2 saturated carbocycles. The average molecular weight is 815 g/mol. The molecule has 2 aliphatic carbocycles. The van der Waals surface area contributed by atoms with Gasteiger partial charge in [-0.3, -0.25) is 9.59 Å². The van der Waals surface area contributed by atoms with Gasteiger partial charge in [0.15, 0.2) is 0 Å². The van der Waals surface area contributed by atoms with E-state index >= 15 is 0 Å². The number of nitrogens with zero attached hydrogens (tertiary/aromatic N) is 2. The summed E-state index contributed by atoms with van der Waals surface area (Å²) in [6.07, 6.45) is 14.2. The van der Waals surface area contributed by atoms with E-state index < -0.39 is 5.97 Å². The number of aliphatic hydroxyl groups is 1. The molecule has 2 aromatic heterocycles. The maximum absolute atomic E-state index is 13.2. The Hall–Kier alpha value is -6.45. The first-order valence-corrected chi connectivity index (χ1v) is 21.5. The number of anilines is 2. The molecule has 0 aliphatic heterocycles. The first-order valence-electron chi connectivity index (χ1n) is 21.5. The predicted molar refractivity (Wildman–Crippen MR) is 241 cm³/mol. The molecule has 6 aromatic rings. The Labute approximate surface area is 358 Å². The molecule has 4 N–H and O–H groups in total. The van der Waals surface area contributed by atoms with Crippen molar-refractivity contribution in [1.29, 1.82) is 0 Å². The van der Waals surface area contributed by atoms with E-state index in [0.29, 0.717) is 23.5 Å². The highest BCUT2D eigenvalue weighted by molar-refractivity contribution is 5.96. The smallest absolute Gasteiger partial charge is 0.337 e. The van der Waals surface area contributed by atoms with Gasteiger partial charge in [-0.2, -0.15) is 0 Å². The van der Waals surface area contributed by atoms with Crippen molar-refractivity contribution in [3.05, 3.63) is 168 Å². The Morgan fingerprint density at radius 2 is 0.934 bits per heavy atom. The fourth-order valence-corrected chi connectivity index (χ4v) is 8.64. The molecule has 2 aliphatic rings. The van der Waals surface area contributed by atoms with Crippen LogP contribution in [0.1, 0.15) is 103 Å². The summed E-state index contributed by atoms with van der Waals surface area (Å²) in [6, 6.07) is 43.6. The monoisotopic (exact) mass is 814 g/mol. The molecular weight excluding hydrogens is 761 g/mol. The number of pyridine rings is 2. The minimum absolute atomic E-state index is 0.0152. The van der Waals surface area contributed by atoms with Gasteiger partial charge in [0.1, 0.15) is 11.6 Å². The van der Waals surface area contributed by atoms with Crippen LogP contribution in [0.15, 0.2) is 146 Å². The van der Waals surface area contributed by atoms with Crippen molar-refractivity contribution < 1.29 is 24.6 Å². The molecule has 9 nitrogen and oxygen atoms in total. The Morgan fingerprint density at radius 1 is 0.525 bits per heavy atom. The second-order valence-electron chi connectivity index (χ2n) is 16.3. The molecule has 2 amide bonds. The lowest BCUT2D eigenvalue weighted by Gasteiger charge is -2.21. The molecule has 2 atom stereocenters. The highest BCUT2D eigenvalue weighted by atomic mass is 16.4. The fourth-order valence-electron chi connectivity index (χ4n) is 8.64. The number of rotatable bonds is 14. The predicted octanol–water partition coefficient (Wildman–Crippen LogP) is 11.3. The van der Waals surface area contributed by atoms with Gasteiger partial charge in [-0.25, -0.2) is 14.8 Å². The van der Waals surface area contributed by atoms with Crippen molar-refractivity contribution in [1.82, 2.24) is 9.97 Å². The van der Waals surface area contributed by atoms with E-state index in [9.17, 15) is 19.5 Å². The van der Waals surface area contributed by atoms with Crippen molar-refractivity contribution in [2.45, 2.75) is 82.7 Å². The summed E-state index contributed by atoms with van der Waals surface area (Å²) in [4.78, 5) is 45.8. The number of carboxylic acid groups (broad SMARTS) is 1. The summed E-state index contributed by atoms with van der Waals surface area (Å²) in [7, 11) is 0. The molecule has 2 fully saturated rings. The first kappa shape index (κ1) is 42.7. The van der Waals surface area contributed by atoms with Gasteiger partial charge in [0.05, 0.1) is 24.0 Å². The number of nitrogens with one attached hydrogen (secondary N) is 2. The molecule has 2 heterocycles. The van der Waals surface area contributed by atoms with E-state index in [2.05, 4.69) is 81.3 Å². The van der Waals surface area contributed by atoms with Crippen LogP contribution in [-0.2, 0) is 16.2 Å². The van der Waals surface area contributed by atoms with Gasteiger partial charge < -0.3 is 20.8 Å². The van der Waals surface area contributed by atoms with E-state index in [0.717, 1.165) is 59.1 Å². The average Bonchev–Trinajstić information content (AvgIpc) is 4.04. The van der Waals surface area contributed by atoms with Crippen molar-refractivity contribution in [3.8, 4) is 22.3 Å². The van der Waals surface area contributed by atoms with Crippen LogP contribution in [0, 0.1) is 11.8 Å². The third-order valence-electron chi connectivity index (χ3n) is 12.1. The zero-order valence-electron chi connectivity index (χ0n) is 34.5. The molecule has 0 bridgehead atoms. The molecule has 4 aromatic carbocycles. The lowest BCUT2D eigenvalue weighted by atomic mass is 9.86. The number of aromatic carboxylic acids is 1. The Morgan fingerprint density at radius 3 is 1.30 bits per heavy atom. The van der Waals surface area contributed by atoms with Gasteiger partial charge >= 0.3 is 5.97 Å². The standard InChI is InChI=1S/C26H26N2O3.C26H28N2O2/c29-25(28-24-15-14-22(17-27-24)26(30)31)23(16-18-6-4-5-7-18)21-12-10-20(11-13-21)19-8-2-1-3-9-19;29-18-20-10-15-25(27-17-20)28-26(30)24(16-19-6-4-5-7-19)23-13-11-22(12-14-23)21-8-2-1-3-9-21/h1-3,8-15,17-18,23H,4-7,16H2,(H,30,31)(H,27,28,29);1-3,8-15,17,19,24,29H,4-7,16,18H2,(H,27,28,30). The normalized spacial score (nSPS) is 15.0. The van der Waals surface area contributed by atoms with E-state index in [1.165, 1.54) is 62.4 Å². The number of amides is 2. The number of carbonyl (C=O) groups excluding carboxylic acids is 2. The van der Waals surface area contributed by atoms with Crippen molar-refractivity contribution in [2.75, 3.05) is 10.6 Å². The van der Waals surface area contributed by atoms with Gasteiger partial charge in [0.25, 0.3) is 0 Å². The first-order chi connectivity index (χ1) is 29.8. The summed E-state index contributed by atoms with van der Waals surface area (Å²) in [5.74, 6) is 0.413. The summed E-state index contributed by atoms with van der Waals surface area (Å²) < 4.78 is 0. The number of hydrogen-bond donors (Lipinski definition) is 4. The van der Waals surface area contributed by atoms with E-state index in [4.69, 9.17) is 5.11 Å². The van der Waals surface area contributed by atoms with Gasteiger partial charge in [0.2, 0.25) is 11.8 Å². The largest absolute Gasteiger partial charge is 0.478 e. The van der Waals surface area contributed by atoms with Crippen LogP contribution in [0.25, 0.3) is 22.3 Å². The second-order valence-corrected chi connectivity index (χ2v) is 16.3. The van der Waals surface area contributed by atoms with Crippen LogP contribution in [0.2, 0.25) is 0 Å². The minimum atomic E-state index is -1.04. The van der Waals surface area contributed by atoms with Crippen LogP contribution in [0.3, 0.4) is 0 Å². The second kappa shape index (κ2) is 21.2. The molecule has 0 spiro atoms. The molecule has 61 heavy (non-hydrogen) atoms. The number of hydrogen-bond acceptors (Lipinski definition) is 6. The van der Waals surface area contributed by atoms with Crippen LogP contribution >= 0.6 is 0 Å². The number of carboxylic acids is 1.